The Bertz CT molecular complexity index is 351. The number of alkyl halides is 1. The van der Waals surface area contributed by atoms with Gasteiger partial charge >= 0.3 is 0 Å². The summed E-state index contributed by atoms with van der Waals surface area (Å²) in [7, 11) is 0. The van der Waals surface area contributed by atoms with Gasteiger partial charge in [0.25, 0.3) is 5.91 Å². The van der Waals surface area contributed by atoms with Gasteiger partial charge in [-0.05, 0) is 18.6 Å². The largest absolute Gasteiger partial charge is 0.306 e. The number of β-lactam (4-membered cyclic amide) rings is 1. The Morgan fingerprint density at radius 1 is 1.46 bits per heavy atom. The number of benzene rings is 1. The van der Waals surface area contributed by atoms with E-state index in [4.69, 9.17) is 0 Å². The lowest BCUT2D eigenvalue weighted by atomic mass is 10.1. The van der Waals surface area contributed by atoms with Crippen molar-refractivity contribution in [3.05, 3.63) is 29.8 Å². The molecule has 0 bridgehead atoms. The molecule has 1 amide bonds. The maximum atomic E-state index is 12.6. The van der Waals surface area contributed by atoms with Crippen LogP contribution in [-0.2, 0) is 4.79 Å². The molecule has 0 N–H and O–H groups in total. The van der Waals surface area contributed by atoms with Crippen LogP contribution in [-0.4, -0.2) is 18.6 Å². The topological polar surface area (TPSA) is 20.3 Å². The zero-order valence-electron chi connectivity index (χ0n) is 7.33. The third kappa shape index (κ3) is 1.20. The number of para-hydroxylation sites is 1. The van der Waals surface area contributed by atoms with Crippen LogP contribution in [0.5, 0.6) is 0 Å². The molecule has 1 aromatic carbocycles. The normalized spacial score (nSPS) is 21.5. The van der Waals surface area contributed by atoms with Crippen LogP contribution in [0.3, 0.4) is 0 Å². The van der Waals surface area contributed by atoms with Crippen molar-refractivity contribution < 1.29 is 9.18 Å². The van der Waals surface area contributed by atoms with E-state index in [0.29, 0.717) is 0 Å². The van der Waals surface area contributed by atoms with Crippen LogP contribution in [0.15, 0.2) is 24.3 Å². The third-order valence-electron chi connectivity index (χ3n) is 2.28. The fourth-order valence-corrected chi connectivity index (χ4v) is 1.47. The summed E-state index contributed by atoms with van der Waals surface area (Å²) >= 11 is 0. The molecule has 1 aromatic rings. The van der Waals surface area contributed by atoms with Crippen LogP contribution >= 0.6 is 0 Å². The third-order valence-corrected chi connectivity index (χ3v) is 2.28. The molecule has 0 aromatic heterocycles. The van der Waals surface area contributed by atoms with Gasteiger partial charge in [-0.2, -0.15) is 0 Å². The summed E-state index contributed by atoms with van der Waals surface area (Å²) in [6.45, 7) is 2.11. The van der Waals surface area contributed by atoms with Gasteiger partial charge in [-0.15, -0.1) is 0 Å². The molecular weight excluding hydrogens is 169 g/mol. The smallest absolute Gasteiger partial charge is 0.263 e. The molecule has 1 aliphatic rings. The highest BCUT2D eigenvalue weighted by Gasteiger charge is 2.38. The molecule has 1 heterocycles. The maximum Gasteiger partial charge on any atom is 0.263 e. The van der Waals surface area contributed by atoms with E-state index in [0.717, 1.165) is 11.3 Å². The highest BCUT2D eigenvalue weighted by atomic mass is 19.1. The quantitative estimate of drug-likeness (QED) is 0.600. The second-order valence-corrected chi connectivity index (χ2v) is 3.20. The number of hydrogen-bond donors (Lipinski definition) is 0. The van der Waals surface area contributed by atoms with Crippen molar-refractivity contribution in [3.63, 3.8) is 0 Å². The Kier molecular flexibility index (Phi) is 1.79. The second kappa shape index (κ2) is 2.83. The van der Waals surface area contributed by atoms with E-state index in [1.54, 1.807) is 0 Å². The number of nitrogens with zero attached hydrogens (tertiary/aromatic N) is 1. The SMILES string of the molecule is Cc1ccccc1N1CC(F)C1=O. The summed E-state index contributed by atoms with van der Waals surface area (Å²) in [5, 5.41) is 0. The minimum atomic E-state index is -1.29. The Morgan fingerprint density at radius 2 is 2.15 bits per heavy atom. The molecule has 0 spiro atoms. The van der Waals surface area contributed by atoms with Crippen LogP contribution in [0.2, 0.25) is 0 Å². The Morgan fingerprint density at radius 3 is 2.69 bits per heavy atom. The van der Waals surface area contributed by atoms with E-state index < -0.39 is 12.1 Å². The summed E-state index contributed by atoms with van der Waals surface area (Å²) < 4.78 is 12.6. The average Bonchev–Trinajstić information content (AvgIpc) is 2.15. The minimum Gasteiger partial charge on any atom is -0.306 e. The highest BCUT2D eigenvalue weighted by molar-refractivity contribution is 6.03. The summed E-state index contributed by atoms with van der Waals surface area (Å²) in [6.07, 6.45) is -1.29. The molecule has 2 nitrogen and oxygen atoms in total. The summed E-state index contributed by atoms with van der Waals surface area (Å²) in [6, 6.07) is 7.49. The molecule has 0 aliphatic carbocycles. The molecule has 68 valence electrons. The van der Waals surface area contributed by atoms with Gasteiger partial charge in [0.1, 0.15) is 0 Å². The van der Waals surface area contributed by atoms with Crippen molar-refractivity contribution in [2.45, 2.75) is 13.1 Å². The molecule has 1 fully saturated rings. The first-order valence-electron chi connectivity index (χ1n) is 4.21. The van der Waals surface area contributed by atoms with Crippen molar-refractivity contribution in [3.8, 4) is 0 Å². The van der Waals surface area contributed by atoms with Crippen molar-refractivity contribution in [2.75, 3.05) is 11.4 Å². The lowest BCUT2D eigenvalue weighted by Crippen LogP contribution is -2.54. The van der Waals surface area contributed by atoms with Gasteiger partial charge in [0.2, 0.25) is 0 Å². The first kappa shape index (κ1) is 8.23. The van der Waals surface area contributed by atoms with Crippen LogP contribution in [0, 0.1) is 6.92 Å². The van der Waals surface area contributed by atoms with E-state index in [-0.39, 0.29) is 6.54 Å². The zero-order valence-corrected chi connectivity index (χ0v) is 7.33. The van der Waals surface area contributed by atoms with Gasteiger partial charge in [0.15, 0.2) is 6.17 Å². The summed E-state index contributed by atoms with van der Waals surface area (Å²) in [4.78, 5) is 12.5. The fraction of sp³-hybridized carbons (Fsp3) is 0.300. The van der Waals surface area contributed by atoms with Crippen molar-refractivity contribution in [1.29, 1.82) is 0 Å². The maximum absolute atomic E-state index is 12.6. The predicted molar refractivity (Wildman–Crippen MR) is 48.4 cm³/mol. The number of hydrogen-bond acceptors (Lipinski definition) is 1. The molecule has 13 heavy (non-hydrogen) atoms. The van der Waals surface area contributed by atoms with Crippen LogP contribution in [0.4, 0.5) is 10.1 Å². The Hall–Kier alpha value is -1.38. The van der Waals surface area contributed by atoms with E-state index in [1.807, 2.05) is 31.2 Å². The molecule has 1 unspecified atom stereocenters. The Balaban J connectivity index is 2.28. The summed E-state index contributed by atoms with van der Waals surface area (Å²) in [5.41, 5.74) is 1.82. The number of carbonyl (C=O) groups is 1. The predicted octanol–water partition coefficient (Wildman–Crippen LogP) is 1.68. The van der Waals surface area contributed by atoms with Gasteiger partial charge in [0, 0.05) is 5.69 Å². The van der Waals surface area contributed by atoms with Crippen molar-refractivity contribution >= 4 is 11.6 Å². The standard InChI is InChI=1S/C10H10FNO/c1-7-4-2-3-5-9(7)12-6-8(11)10(12)13/h2-5,8H,6H2,1H3. The molecule has 1 atom stereocenters. The van der Waals surface area contributed by atoms with E-state index in [2.05, 4.69) is 0 Å². The van der Waals surface area contributed by atoms with Gasteiger partial charge < -0.3 is 4.90 Å². The summed E-state index contributed by atoms with van der Waals surface area (Å²) in [5.74, 6) is -0.422. The van der Waals surface area contributed by atoms with Gasteiger partial charge in [0.05, 0.1) is 6.54 Å². The molecule has 0 saturated carbocycles. The molecule has 0 radical (unpaired) electrons. The number of amides is 1. The number of anilines is 1. The molecular formula is C10H10FNO. The van der Waals surface area contributed by atoms with Crippen LogP contribution < -0.4 is 4.90 Å². The lowest BCUT2D eigenvalue weighted by Gasteiger charge is -2.34. The zero-order chi connectivity index (χ0) is 9.42. The van der Waals surface area contributed by atoms with Gasteiger partial charge in [-0.25, -0.2) is 4.39 Å². The highest BCUT2D eigenvalue weighted by Crippen LogP contribution is 2.26. The van der Waals surface area contributed by atoms with E-state index >= 15 is 0 Å². The Labute approximate surface area is 76.0 Å². The van der Waals surface area contributed by atoms with Crippen LogP contribution in [0.1, 0.15) is 5.56 Å². The molecule has 1 saturated heterocycles. The van der Waals surface area contributed by atoms with Crippen molar-refractivity contribution in [1.82, 2.24) is 0 Å². The van der Waals surface area contributed by atoms with Crippen LogP contribution in [0.25, 0.3) is 0 Å². The first-order chi connectivity index (χ1) is 6.20. The first-order valence-corrected chi connectivity index (χ1v) is 4.21. The number of aryl methyl sites for hydroxylation is 1. The van der Waals surface area contributed by atoms with Crippen molar-refractivity contribution in [2.24, 2.45) is 0 Å². The average molecular weight is 179 g/mol. The fourth-order valence-electron chi connectivity index (χ4n) is 1.47. The number of rotatable bonds is 1. The van der Waals surface area contributed by atoms with Gasteiger partial charge in [-0.1, -0.05) is 18.2 Å². The molecule has 2 rings (SSSR count). The molecule has 3 heteroatoms. The van der Waals surface area contributed by atoms with E-state index in [9.17, 15) is 9.18 Å². The number of halogens is 1. The van der Waals surface area contributed by atoms with Gasteiger partial charge in [-0.3, -0.25) is 4.79 Å². The van der Waals surface area contributed by atoms with E-state index in [1.165, 1.54) is 4.90 Å². The minimum absolute atomic E-state index is 0.198. The lowest BCUT2D eigenvalue weighted by molar-refractivity contribution is -0.128. The molecule has 1 aliphatic heterocycles. The number of carbonyl (C=O) groups excluding carboxylic acids is 1. The second-order valence-electron chi connectivity index (χ2n) is 3.20. The monoisotopic (exact) mass is 179 g/mol.